The lowest BCUT2D eigenvalue weighted by Crippen LogP contribution is -2.35. The number of aliphatic carboxylic acids is 1. The van der Waals surface area contributed by atoms with Crippen LogP contribution in [0.15, 0.2) is 24.3 Å². The van der Waals surface area contributed by atoms with Crippen LogP contribution in [0.2, 0.25) is 0 Å². The van der Waals surface area contributed by atoms with E-state index in [0.717, 1.165) is 32.5 Å². The zero-order valence-corrected chi connectivity index (χ0v) is 10.9. The highest BCUT2D eigenvalue weighted by molar-refractivity contribution is 5.67. The van der Waals surface area contributed by atoms with Crippen molar-refractivity contribution in [3.63, 3.8) is 0 Å². The van der Waals surface area contributed by atoms with Crippen molar-refractivity contribution in [3.05, 3.63) is 35.4 Å². The largest absolute Gasteiger partial charge is 0.481 e. The topological polar surface area (TPSA) is 40.5 Å². The number of aryl methyl sites for hydroxylation is 1. The number of piperidine rings is 1. The average molecular weight is 247 g/mol. The van der Waals surface area contributed by atoms with E-state index in [1.165, 1.54) is 11.1 Å². The van der Waals surface area contributed by atoms with Gasteiger partial charge in [0.2, 0.25) is 0 Å². The highest BCUT2D eigenvalue weighted by atomic mass is 16.4. The number of nitrogens with zero attached hydrogens (tertiary/aromatic N) is 1. The standard InChI is InChI=1S/C15H21NO2/c1-12-5-2-3-7-14(12)11-16-8-4-6-13(10-16)9-15(17)18/h2-3,5,7,13H,4,6,8-11H2,1H3,(H,17,18). The number of hydrogen-bond donors (Lipinski definition) is 1. The van der Waals surface area contributed by atoms with Crippen LogP contribution in [0.25, 0.3) is 0 Å². The SMILES string of the molecule is Cc1ccccc1CN1CCCC(CC(=O)O)C1. The van der Waals surface area contributed by atoms with E-state index in [4.69, 9.17) is 5.11 Å². The molecule has 1 unspecified atom stereocenters. The van der Waals surface area contributed by atoms with Gasteiger partial charge >= 0.3 is 5.97 Å². The van der Waals surface area contributed by atoms with Gasteiger partial charge in [-0.1, -0.05) is 24.3 Å². The summed E-state index contributed by atoms with van der Waals surface area (Å²) in [4.78, 5) is 13.2. The molecule has 1 N–H and O–H groups in total. The van der Waals surface area contributed by atoms with E-state index in [9.17, 15) is 4.79 Å². The van der Waals surface area contributed by atoms with Gasteiger partial charge in [0.1, 0.15) is 0 Å². The second kappa shape index (κ2) is 6.01. The molecular formula is C15H21NO2. The first kappa shape index (κ1) is 13.1. The second-order valence-corrected chi connectivity index (χ2v) is 5.27. The van der Waals surface area contributed by atoms with Gasteiger partial charge in [-0.15, -0.1) is 0 Å². The van der Waals surface area contributed by atoms with Crippen molar-refractivity contribution in [1.29, 1.82) is 0 Å². The molecule has 1 aliphatic heterocycles. The summed E-state index contributed by atoms with van der Waals surface area (Å²) in [6.45, 7) is 5.09. The van der Waals surface area contributed by atoms with E-state index >= 15 is 0 Å². The molecule has 0 aliphatic carbocycles. The third-order valence-corrected chi connectivity index (χ3v) is 3.72. The molecule has 1 saturated heterocycles. The fraction of sp³-hybridized carbons (Fsp3) is 0.533. The Morgan fingerprint density at radius 1 is 1.44 bits per heavy atom. The maximum atomic E-state index is 10.8. The van der Waals surface area contributed by atoms with Crippen molar-refractivity contribution < 1.29 is 9.90 Å². The average Bonchev–Trinajstić information content (AvgIpc) is 2.32. The van der Waals surface area contributed by atoms with Crippen molar-refractivity contribution in [2.24, 2.45) is 5.92 Å². The highest BCUT2D eigenvalue weighted by Crippen LogP contribution is 2.22. The maximum Gasteiger partial charge on any atom is 0.303 e. The van der Waals surface area contributed by atoms with E-state index in [0.29, 0.717) is 12.3 Å². The fourth-order valence-corrected chi connectivity index (χ4v) is 2.74. The smallest absolute Gasteiger partial charge is 0.303 e. The van der Waals surface area contributed by atoms with Crippen LogP contribution in [-0.4, -0.2) is 29.1 Å². The number of carbonyl (C=O) groups is 1. The maximum absolute atomic E-state index is 10.8. The van der Waals surface area contributed by atoms with Crippen LogP contribution in [0, 0.1) is 12.8 Å². The molecule has 1 aromatic carbocycles. The van der Waals surface area contributed by atoms with E-state index < -0.39 is 5.97 Å². The van der Waals surface area contributed by atoms with E-state index in [-0.39, 0.29) is 0 Å². The van der Waals surface area contributed by atoms with Gasteiger partial charge in [0.05, 0.1) is 0 Å². The van der Waals surface area contributed by atoms with E-state index in [1.807, 2.05) is 0 Å². The van der Waals surface area contributed by atoms with Crippen LogP contribution in [0.5, 0.6) is 0 Å². The molecule has 0 radical (unpaired) electrons. The summed E-state index contributed by atoms with van der Waals surface area (Å²) in [6, 6.07) is 8.42. The second-order valence-electron chi connectivity index (χ2n) is 5.27. The molecule has 1 aliphatic rings. The summed E-state index contributed by atoms with van der Waals surface area (Å²) >= 11 is 0. The Bertz CT molecular complexity index is 417. The van der Waals surface area contributed by atoms with E-state index in [2.05, 4.69) is 36.1 Å². The quantitative estimate of drug-likeness (QED) is 0.889. The lowest BCUT2D eigenvalue weighted by atomic mass is 9.94. The molecule has 3 nitrogen and oxygen atoms in total. The van der Waals surface area contributed by atoms with Crippen LogP contribution >= 0.6 is 0 Å². The molecule has 1 atom stereocenters. The number of benzene rings is 1. The van der Waals surface area contributed by atoms with Gasteiger partial charge in [0, 0.05) is 19.5 Å². The molecule has 1 heterocycles. The predicted octanol–water partition coefficient (Wildman–Crippen LogP) is 2.68. The molecule has 0 spiro atoms. The summed E-state index contributed by atoms with van der Waals surface area (Å²) < 4.78 is 0. The minimum absolute atomic E-state index is 0.310. The van der Waals surface area contributed by atoms with Crippen molar-refractivity contribution in [1.82, 2.24) is 4.90 Å². The van der Waals surface area contributed by atoms with Gasteiger partial charge in [-0.2, -0.15) is 0 Å². The summed E-state index contributed by atoms with van der Waals surface area (Å²) in [5.41, 5.74) is 2.67. The van der Waals surface area contributed by atoms with Gasteiger partial charge < -0.3 is 5.11 Å². The molecule has 1 aromatic rings. The summed E-state index contributed by atoms with van der Waals surface area (Å²) in [7, 11) is 0. The Balaban J connectivity index is 1.93. The minimum Gasteiger partial charge on any atom is -0.481 e. The van der Waals surface area contributed by atoms with E-state index in [1.54, 1.807) is 0 Å². The number of carboxylic acid groups (broad SMARTS) is 1. The number of hydrogen-bond acceptors (Lipinski definition) is 2. The summed E-state index contributed by atoms with van der Waals surface area (Å²) in [5.74, 6) is -0.349. The Kier molecular flexibility index (Phi) is 4.37. The summed E-state index contributed by atoms with van der Waals surface area (Å²) in [6.07, 6.45) is 2.48. The Hall–Kier alpha value is -1.35. The molecule has 0 aromatic heterocycles. The third-order valence-electron chi connectivity index (χ3n) is 3.72. The molecular weight excluding hydrogens is 226 g/mol. The molecule has 98 valence electrons. The van der Waals surface area contributed by atoms with Gasteiger partial charge in [-0.25, -0.2) is 0 Å². The van der Waals surface area contributed by atoms with Crippen LogP contribution in [0.4, 0.5) is 0 Å². The molecule has 0 amide bonds. The molecule has 1 fully saturated rings. The van der Waals surface area contributed by atoms with Gasteiger partial charge in [0.25, 0.3) is 0 Å². The Morgan fingerprint density at radius 2 is 2.22 bits per heavy atom. The number of carboxylic acids is 1. The lowest BCUT2D eigenvalue weighted by Gasteiger charge is -2.32. The van der Waals surface area contributed by atoms with Crippen molar-refractivity contribution in [3.8, 4) is 0 Å². The van der Waals surface area contributed by atoms with Crippen LogP contribution in [0.1, 0.15) is 30.4 Å². The Labute approximate surface area is 108 Å². The third kappa shape index (κ3) is 3.57. The van der Waals surface area contributed by atoms with Crippen molar-refractivity contribution in [2.45, 2.75) is 32.7 Å². The summed E-state index contributed by atoms with van der Waals surface area (Å²) in [5, 5.41) is 8.87. The van der Waals surface area contributed by atoms with Crippen molar-refractivity contribution in [2.75, 3.05) is 13.1 Å². The number of rotatable bonds is 4. The molecule has 18 heavy (non-hydrogen) atoms. The number of likely N-dealkylation sites (tertiary alicyclic amines) is 1. The lowest BCUT2D eigenvalue weighted by molar-refractivity contribution is -0.138. The minimum atomic E-state index is -0.669. The predicted molar refractivity (Wildman–Crippen MR) is 71.4 cm³/mol. The molecule has 3 heteroatoms. The molecule has 2 rings (SSSR count). The first-order valence-electron chi connectivity index (χ1n) is 6.64. The Morgan fingerprint density at radius 3 is 2.94 bits per heavy atom. The van der Waals surface area contributed by atoms with Crippen LogP contribution in [0.3, 0.4) is 0 Å². The van der Waals surface area contributed by atoms with Gasteiger partial charge in [-0.3, -0.25) is 9.69 Å². The van der Waals surface area contributed by atoms with Crippen LogP contribution < -0.4 is 0 Å². The first-order chi connectivity index (χ1) is 8.65. The van der Waals surface area contributed by atoms with Crippen molar-refractivity contribution >= 4 is 5.97 Å². The van der Waals surface area contributed by atoms with Gasteiger partial charge in [-0.05, 0) is 43.4 Å². The normalized spacial score (nSPS) is 20.8. The molecule has 0 saturated carbocycles. The first-order valence-corrected chi connectivity index (χ1v) is 6.64. The van der Waals surface area contributed by atoms with Gasteiger partial charge in [0.15, 0.2) is 0 Å². The highest BCUT2D eigenvalue weighted by Gasteiger charge is 2.22. The monoisotopic (exact) mass is 247 g/mol. The zero-order chi connectivity index (χ0) is 13.0. The zero-order valence-electron chi connectivity index (χ0n) is 10.9. The fourth-order valence-electron chi connectivity index (χ4n) is 2.74. The van der Waals surface area contributed by atoms with Crippen LogP contribution in [-0.2, 0) is 11.3 Å². The molecule has 0 bridgehead atoms.